The van der Waals surface area contributed by atoms with Gasteiger partial charge in [-0.2, -0.15) is 0 Å². The van der Waals surface area contributed by atoms with Gasteiger partial charge in [0, 0.05) is 16.8 Å². The lowest BCUT2D eigenvalue weighted by atomic mass is 10.1. The number of rotatable bonds is 6. The highest BCUT2D eigenvalue weighted by Gasteiger charge is 2.23. The summed E-state index contributed by atoms with van der Waals surface area (Å²) in [5, 5.41) is 3.89. The van der Waals surface area contributed by atoms with Crippen LogP contribution in [0.15, 0.2) is 47.4 Å². The first-order valence-electron chi connectivity index (χ1n) is 9.66. The third kappa shape index (κ3) is 5.64. The number of ether oxygens (including phenoxy) is 1. The molecule has 0 atom stereocenters. The lowest BCUT2D eigenvalue weighted by Gasteiger charge is -2.21. The maximum absolute atomic E-state index is 13.1. The highest BCUT2D eigenvalue weighted by Crippen LogP contribution is 2.29. The second-order valence-electron chi connectivity index (χ2n) is 7.15. The van der Waals surface area contributed by atoms with Crippen molar-refractivity contribution in [1.29, 1.82) is 0 Å². The number of methoxy groups -OCH3 is 1. The number of halogens is 1. The Morgan fingerprint density at radius 2 is 1.69 bits per heavy atom. The van der Waals surface area contributed by atoms with Crippen LogP contribution < -0.4 is 10.0 Å². The Balaban J connectivity index is 1.95. The molecule has 0 saturated heterocycles. The molecule has 0 aromatic heterocycles. The molecule has 0 radical (unpaired) electrons. The average Bonchev–Trinajstić information content (AvgIpc) is 2.98. The van der Waals surface area contributed by atoms with Crippen LogP contribution in [0.25, 0.3) is 0 Å². The molecule has 29 heavy (non-hydrogen) atoms. The Kier molecular flexibility index (Phi) is 7.03. The van der Waals surface area contributed by atoms with Crippen molar-refractivity contribution in [1.82, 2.24) is 0 Å². The minimum absolute atomic E-state index is 0.0135. The van der Waals surface area contributed by atoms with Crippen molar-refractivity contribution in [2.75, 3.05) is 17.1 Å². The van der Waals surface area contributed by atoms with Crippen LogP contribution in [-0.2, 0) is 14.8 Å². The molecule has 2 N–H and O–H groups in total. The summed E-state index contributed by atoms with van der Waals surface area (Å²) in [6.07, 6.45) is 6.60. The van der Waals surface area contributed by atoms with Gasteiger partial charge < -0.3 is 10.1 Å². The van der Waals surface area contributed by atoms with E-state index in [0.717, 1.165) is 25.7 Å². The standard InChI is InChI=1S/C21H25ClN2O4S/c1-28-21(25)15-8-13-19(23-17-6-4-2-3-5-7-17)20(14-15)29(26,27)24-18-11-9-16(22)10-12-18/h8-14,17,23-24H,2-7H2,1H3. The van der Waals surface area contributed by atoms with Gasteiger partial charge in [-0.15, -0.1) is 0 Å². The third-order valence-corrected chi connectivity index (χ3v) is 6.68. The fraction of sp³-hybridized carbons (Fsp3) is 0.381. The predicted octanol–water partition coefficient (Wildman–Crippen LogP) is 5.06. The molecule has 156 valence electrons. The summed E-state index contributed by atoms with van der Waals surface area (Å²) in [5.74, 6) is -0.589. The molecule has 0 unspecified atom stereocenters. The molecule has 2 aromatic carbocycles. The normalized spacial score (nSPS) is 15.4. The first-order chi connectivity index (χ1) is 13.9. The van der Waals surface area contributed by atoms with Gasteiger partial charge in [0.15, 0.2) is 0 Å². The van der Waals surface area contributed by atoms with E-state index in [0.29, 0.717) is 16.4 Å². The predicted molar refractivity (Wildman–Crippen MR) is 115 cm³/mol. The zero-order valence-corrected chi connectivity index (χ0v) is 17.9. The maximum atomic E-state index is 13.1. The summed E-state index contributed by atoms with van der Waals surface area (Å²) in [4.78, 5) is 12.0. The van der Waals surface area contributed by atoms with Gasteiger partial charge in [0.2, 0.25) is 0 Å². The summed E-state index contributed by atoms with van der Waals surface area (Å²) in [7, 11) is -2.68. The monoisotopic (exact) mass is 436 g/mol. The van der Waals surface area contributed by atoms with Crippen LogP contribution in [0.3, 0.4) is 0 Å². The van der Waals surface area contributed by atoms with Crippen LogP contribution in [0.2, 0.25) is 5.02 Å². The molecule has 2 aromatic rings. The highest BCUT2D eigenvalue weighted by atomic mass is 35.5. The minimum Gasteiger partial charge on any atom is -0.465 e. The van der Waals surface area contributed by atoms with Crippen LogP contribution in [0, 0.1) is 0 Å². The van der Waals surface area contributed by atoms with Crippen molar-refractivity contribution < 1.29 is 17.9 Å². The van der Waals surface area contributed by atoms with Gasteiger partial charge in [-0.05, 0) is 55.3 Å². The van der Waals surface area contributed by atoms with E-state index < -0.39 is 16.0 Å². The van der Waals surface area contributed by atoms with Gasteiger partial charge in [-0.3, -0.25) is 4.72 Å². The van der Waals surface area contributed by atoms with Crippen LogP contribution in [0.1, 0.15) is 48.9 Å². The van der Waals surface area contributed by atoms with Crippen LogP contribution in [0.5, 0.6) is 0 Å². The number of carbonyl (C=O) groups excluding carboxylic acids is 1. The molecular formula is C21H25ClN2O4S. The number of esters is 1. The molecule has 1 aliphatic rings. The third-order valence-electron chi connectivity index (χ3n) is 5.00. The van der Waals surface area contributed by atoms with Gasteiger partial charge >= 0.3 is 5.97 Å². The summed E-state index contributed by atoms with van der Waals surface area (Å²) in [6, 6.07) is 11.1. The Bertz CT molecular complexity index is 953. The van der Waals surface area contributed by atoms with Gasteiger partial charge in [0.05, 0.1) is 18.4 Å². The molecule has 6 nitrogen and oxygen atoms in total. The molecular weight excluding hydrogens is 412 g/mol. The Hall–Kier alpha value is -2.25. The molecule has 1 fully saturated rings. The van der Waals surface area contributed by atoms with E-state index in [2.05, 4.69) is 10.0 Å². The van der Waals surface area contributed by atoms with E-state index in [-0.39, 0.29) is 16.5 Å². The van der Waals surface area contributed by atoms with Crippen molar-refractivity contribution in [3.63, 3.8) is 0 Å². The van der Waals surface area contributed by atoms with Crippen LogP contribution in [0.4, 0.5) is 11.4 Å². The van der Waals surface area contributed by atoms with Crippen molar-refractivity contribution in [2.24, 2.45) is 0 Å². The fourth-order valence-electron chi connectivity index (χ4n) is 3.48. The van der Waals surface area contributed by atoms with E-state index in [4.69, 9.17) is 16.3 Å². The summed E-state index contributed by atoms with van der Waals surface area (Å²) < 4.78 is 33.6. The van der Waals surface area contributed by atoms with E-state index in [9.17, 15) is 13.2 Å². The van der Waals surface area contributed by atoms with E-state index in [1.807, 2.05) is 0 Å². The van der Waals surface area contributed by atoms with Crippen molar-refractivity contribution >= 4 is 39.0 Å². The number of hydrogen-bond donors (Lipinski definition) is 2. The quantitative estimate of drug-likeness (QED) is 0.488. The van der Waals surface area contributed by atoms with Crippen molar-refractivity contribution in [3.05, 3.63) is 53.1 Å². The molecule has 1 saturated carbocycles. The molecule has 3 rings (SSSR count). The number of sulfonamides is 1. The topological polar surface area (TPSA) is 84.5 Å². The number of benzene rings is 2. The number of hydrogen-bond acceptors (Lipinski definition) is 5. The summed E-state index contributed by atoms with van der Waals surface area (Å²) >= 11 is 5.88. The second-order valence-corrected chi connectivity index (χ2v) is 9.23. The van der Waals surface area contributed by atoms with Crippen LogP contribution >= 0.6 is 11.6 Å². The Morgan fingerprint density at radius 3 is 2.31 bits per heavy atom. The molecule has 0 heterocycles. The Labute approximate surface area is 176 Å². The van der Waals surface area contributed by atoms with Gasteiger partial charge in [0.1, 0.15) is 4.90 Å². The number of carbonyl (C=O) groups is 1. The van der Waals surface area contributed by atoms with E-state index in [1.54, 1.807) is 36.4 Å². The SMILES string of the molecule is COC(=O)c1ccc(NC2CCCCCC2)c(S(=O)(=O)Nc2ccc(Cl)cc2)c1. The molecule has 0 bridgehead atoms. The molecule has 1 aliphatic carbocycles. The second kappa shape index (κ2) is 9.50. The van der Waals surface area contributed by atoms with E-state index >= 15 is 0 Å². The lowest BCUT2D eigenvalue weighted by molar-refractivity contribution is 0.0600. The molecule has 8 heteroatoms. The highest BCUT2D eigenvalue weighted by molar-refractivity contribution is 7.92. The van der Waals surface area contributed by atoms with Crippen molar-refractivity contribution in [3.8, 4) is 0 Å². The van der Waals surface area contributed by atoms with Gasteiger partial charge in [-0.25, -0.2) is 13.2 Å². The lowest BCUT2D eigenvalue weighted by Crippen LogP contribution is -2.22. The maximum Gasteiger partial charge on any atom is 0.337 e. The first kappa shape index (κ1) is 21.5. The first-order valence-corrected chi connectivity index (χ1v) is 11.5. The van der Waals surface area contributed by atoms with Gasteiger partial charge in [-0.1, -0.05) is 37.3 Å². The van der Waals surface area contributed by atoms with Gasteiger partial charge in [0.25, 0.3) is 10.0 Å². The zero-order chi connectivity index (χ0) is 20.9. The number of anilines is 2. The zero-order valence-electron chi connectivity index (χ0n) is 16.3. The Morgan fingerprint density at radius 1 is 1.03 bits per heavy atom. The van der Waals surface area contributed by atoms with Crippen molar-refractivity contribution in [2.45, 2.75) is 49.5 Å². The largest absolute Gasteiger partial charge is 0.465 e. The molecule has 0 amide bonds. The van der Waals surface area contributed by atoms with Crippen LogP contribution in [-0.4, -0.2) is 27.5 Å². The van der Waals surface area contributed by atoms with E-state index in [1.165, 1.54) is 26.0 Å². The molecule has 0 spiro atoms. The summed E-state index contributed by atoms with van der Waals surface area (Å²) in [6.45, 7) is 0. The minimum atomic E-state index is -3.94. The number of nitrogens with one attached hydrogen (secondary N) is 2. The smallest absolute Gasteiger partial charge is 0.337 e. The molecule has 0 aliphatic heterocycles. The fourth-order valence-corrected chi connectivity index (χ4v) is 4.86. The average molecular weight is 437 g/mol. The summed E-state index contributed by atoms with van der Waals surface area (Å²) in [5.41, 5.74) is 1.04.